The minimum absolute atomic E-state index is 0.0523. The van der Waals surface area contributed by atoms with Gasteiger partial charge in [-0.3, -0.25) is 4.90 Å². The highest BCUT2D eigenvalue weighted by Gasteiger charge is 2.28. The molecule has 0 saturated carbocycles. The molecule has 1 unspecified atom stereocenters. The van der Waals surface area contributed by atoms with Crippen molar-refractivity contribution < 1.29 is 12.9 Å². The van der Waals surface area contributed by atoms with Crippen molar-refractivity contribution >= 4 is 10.0 Å². The molecular formula is C18H25N5O3S. The van der Waals surface area contributed by atoms with Gasteiger partial charge in [-0.2, -0.15) is 9.29 Å². The van der Waals surface area contributed by atoms with Crippen LogP contribution in [0.2, 0.25) is 0 Å². The summed E-state index contributed by atoms with van der Waals surface area (Å²) in [5, 5.41) is 7.45. The van der Waals surface area contributed by atoms with Crippen molar-refractivity contribution in [3.8, 4) is 11.5 Å². The van der Waals surface area contributed by atoms with Crippen LogP contribution in [0, 0.1) is 0 Å². The third kappa shape index (κ3) is 3.77. The van der Waals surface area contributed by atoms with E-state index < -0.39 is 10.0 Å². The number of hydrogen-bond acceptors (Lipinski definition) is 7. The van der Waals surface area contributed by atoms with E-state index in [1.807, 2.05) is 7.05 Å². The lowest BCUT2D eigenvalue weighted by atomic mass is 10.2. The molecule has 2 aromatic rings. The van der Waals surface area contributed by atoms with E-state index >= 15 is 0 Å². The Morgan fingerprint density at radius 1 is 1.19 bits per heavy atom. The number of hydrogen-bond donors (Lipinski definition) is 1. The Labute approximate surface area is 159 Å². The van der Waals surface area contributed by atoms with Crippen LogP contribution < -0.4 is 5.32 Å². The van der Waals surface area contributed by atoms with E-state index in [1.165, 1.54) is 0 Å². The molecule has 1 aromatic carbocycles. The first-order valence-corrected chi connectivity index (χ1v) is 10.8. The Morgan fingerprint density at radius 3 is 2.78 bits per heavy atom. The Morgan fingerprint density at radius 2 is 2.00 bits per heavy atom. The normalized spacial score (nSPS) is 22.8. The zero-order valence-electron chi connectivity index (χ0n) is 15.5. The maximum absolute atomic E-state index is 12.9. The van der Waals surface area contributed by atoms with E-state index in [0.717, 1.165) is 38.9 Å². The number of nitrogens with one attached hydrogen (secondary N) is 1. The van der Waals surface area contributed by atoms with Crippen molar-refractivity contribution in [2.45, 2.75) is 30.2 Å². The molecule has 146 valence electrons. The maximum atomic E-state index is 12.9. The second-order valence-corrected chi connectivity index (χ2v) is 9.09. The van der Waals surface area contributed by atoms with Crippen LogP contribution in [-0.4, -0.2) is 67.5 Å². The first-order chi connectivity index (χ1) is 13.1. The highest BCUT2D eigenvalue weighted by molar-refractivity contribution is 7.89. The molecule has 0 aliphatic carbocycles. The fourth-order valence-electron chi connectivity index (χ4n) is 3.63. The van der Waals surface area contributed by atoms with Crippen molar-refractivity contribution in [2.24, 2.45) is 0 Å². The van der Waals surface area contributed by atoms with Crippen molar-refractivity contribution in [3.05, 3.63) is 30.1 Å². The van der Waals surface area contributed by atoms with Gasteiger partial charge in [0.2, 0.25) is 10.0 Å². The summed E-state index contributed by atoms with van der Waals surface area (Å²) in [6, 6.07) is 6.84. The van der Waals surface area contributed by atoms with Gasteiger partial charge in [0.25, 0.3) is 5.89 Å². The molecule has 0 radical (unpaired) electrons. The summed E-state index contributed by atoms with van der Waals surface area (Å²) in [6.45, 7) is 3.78. The van der Waals surface area contributed by atoms with Crippen molar-refractivity contribution in [1.82, 2.24) is 24.7 Å². The van der Waals surface area contributed by atoms with Gasteiger partial charge in [0.05, 0.1) is 10.9 Å². The molecule has 9 heteroatoms. The number of aromatic nitrogens is 2. The smallest absolute Gasteiger partial charge is 0.258 e. The molecular weight excluding hydrogens is 366 g/mol. The van der Waals surface area contributed by atoms with Crippen LogP contribution in [0.15, 0.2) is 33.7 Å². The Hall–Kier alpha value is -1.81. The summed E-state index contributed by atoms with van der Waals surface area (Å²) in [5.74, 6) is 0.962. The molecule has 8 nitrogen and oxygen atoms in total. The van der Waals surface area contributed by atoms with E-state index in [9.17, 15) is 8.42 Å². The monoisotopic (exact) mass is 391 g/mol. The fourth-order valence-corrected chi connectivity index (χ4v) is 5.19. The number of piperazine rings is 1. The summed E-state index contributed by atoms with van der Waals surface area (Å²) in [7, 11) is -1.45. The highest BCUT2D eigenvalue weighted by atomic mass is 32.2. The predicted molar refractivity (Wildman–Crippen MR) is 101 cm³/mol. The molecule has 3 heterocycles. The first-order valence-electron chi connectivity index (χ1n) is 9.41. The van der Waals surface area contributed by atoms with Crippen molar-refractivity contribution in [3.63, 3.8) is 0 Å². The lowest BCUT2D eigenvalue weighted by Gasteiger charge is -2.30. The molecule has 1 atom stereocenters. The van der Waals surface area contributed by atoms with Crippen LogP contribution in [-0.2, 0) is 10.0 Å². The first kappa shape index (κ1) is 18.5. The second kappa shape index (κ2) is 7.67. The third-order valence-electron chi connectivity index (χ3n) is 5.28. The third-order valence-corrected chi connectivity index (χ3v) is 7.18. The lowest BCUT2D eigenvalue weighted by Crippen LogP contribution is -2.44. The molecule has 0 bridgehead atoms. The summed E-state index contributed by atoms with van der Waals surface area (Å²) in [6.07, 6.45) is 2.91. The van der Waals surface area contributed by atoms with E-state index in [-0.39, 0.29) is 10.9 Å². The minimum Gasteiger partial charge on any atom is -0.334 e. The molecule has 2 fully saturated rings. The molecule has 1 N–H and O–H groups in total. The van der Waals surface area contributed by atoms with Gasteiger partial charge in [0.1, 0.15) is 0 Å². The van der Waals surface area contributed by atoms with Gasteiger partial charge in [-0.15, -0.1) is 0 Å². The van der Waals surface area contributed by atoms with Gasteiger partial charge < -0.3 is 9.84 Å². The lowest BCUT2D eigenvalue weighted by molar-refractivity contribution is 0.190. The predicted octanol–water partition coefficient (Wildman–Crippen LogP) is 1.49. The molecule has 0 spiro atoms. The largest absolute Gasteiger partial charge is 0.334 e. The number of nitrogens with zero attached hydrogens (tertiary/aromatic N) is 4. The fraction of sp³-hybridized carbons (Fsp3) is 0.556. The van der Waals surface area contributed by atoms with Gasteiger partial charge in [-0.05, 0) is 38.1 Å². The highest BCUT2D eigenvalue weighted by Crippen LogP contribution is 2.27. The maximum Gasteiger partial charge on any atom is 0.258 e. The van der Waals surface area contributed by atoms with Crippen LogP contribution in [0.3, 0.4) is 0 Å². The Kier molecular flexibility index (Phi) is 5.27. The second-order valence-electron chi connectivity index (χ2n) is 7.15. The van der Waals surface area contributed by atoms with E-state index in [2.05, 4.69) is 20.4 Å². The average Bonchev–Trinajstić information content (AvgIpc) is 3.19. The zero-order chi connectivity index (χ0) is 18.9. The quantitative estimate of drug-likeness (QED) is 0.844. The summed E-state index contributed by atoms with van der Waals surface area (Å²) in [4.78, 5) is 6.98. The number of rotatable bonds is 4. The van der Waals surface area contributed by atoms with Gasteiger partial charge in [0, 0.05) is 38.3 Å². The Balaban J connectivity index is 1.59. The van der Waals surface area contributed by atoms with E-state index in [1.54, 1.807) is 28.6 Å². The number of piperidine rings is 1. The molecule has 4 rings (SSSR count). The van der Waals surface area contributed by atoms with Crippen LogP contribution in [0.1, 0.15) is 31.1 Å². The van der Waals surface area contributed by atoms with Crippen LogP contribution in [0.5, 0.6) is 0 Å². The van der Waals surface area contributed by atoms with Crippen molar-refractivity contribution in [1.29, 1.82) is 0 Å². The SMILES string of the molecule is CN1CCNCC1c1noc(-c2cccc(S(=O)(=O)N3CCCCC3)c2)n1. The summed E-state index contributed by atoms with van der Waals surface area (Å²) < 4.78 is 32.8. The molecule has 2 saturated heterocycles. The van der Waals surface area contributed by atoms with Gasteiger partial charge >= 0.3 is 0 Å². The number of likely N-dealkylation sites (N-methyl/N-ethyl adjacent to an activating group) is 1. The van der Waals surface area contributed by atoms with Crippen LogP contribution >= 0.6 is 0 Å². The number of sulfonamides is 1. The minimum atomic E-state index is -3.49. The van der Waals surface area contributed by atoms with Crippen molar-refractivity contribution in [2.75, 3.05) is 39.8 Å². The molecule has 1 aromatic heterocycles. The van der Waals surface area contributed by atoms with Gasteiger partial charge in [-0.25, -0.2) is 8.42 Å². The topological polar surface area (TPSA) is 91.6 Å². The molecule has 2 aliphatic heterocycles. The average molecular weight is 391 g/mol. The Bertz CT molecular complexity index is 892. The zero-order valence-corrected chi connectivity index (χ0v) is 16.3. The van der Waals surface area contributed by atoms with Crippen LogP contribution in [0.4, 0.5) is 0 Å². The summed E-state index contributed by atoms with van der Waals surface area (Å²) in [5.41, 5.74) is 0.623. The summed E-state index contributed by atoms with van der Waals surface area (Å²) >= 11 is 0. The molecule has 27 heavy (non-hydrogen) atoms. The molecule has 2 aliphatic rings. The van der Waals surface area contributed by atoms with Crippen LogP contribution in [0.25, 0.3) is 11.5 Å². The van der Waals surface area contributed by atoms with E-state index in [0.29, 0.717) is 30.4 Å². The number of benzene rings is 1. The van der Waals surface area contributed by atoms with E-state index in [4.69, 9.17) is 4.52 Å². The molecule has 0 amide bonds. The van der Waals surface area contributed by atoms with Gasteiger partial charge in [0.15, 0.2) is 5.82 Å². The van der Waals surface area contributed by atoms with Gasteiger partial charge in [-0.1, -0.05) is 17.6 Å². The standard InChI is InChI=1S/C18H25N5O3S/c1-22-11-8-19-13-16(22)17-20-18(26-21-17)14-6-5-7-15(12-14)27(24,25)23-9-3-2-4-10-23/h5-7,12,16,19H,2-4,8-11,13H2,1H3.